The molecule has 1 aromatic rings. The maximum Gasteiger partial charge on any atom is 0.434 e. The van der Waals surface area contributed by atoms with Gasteiger partial charge in [-0.15, -0.1) is 0 Å². The molecule has 2 fully saturated rings. The van der Waals surface area contributed by atoms with Crippen LogP contribution >= 0.6 is 0 Å². The Morgan fingerprint density at radius 2 is 2.05 bits per heavy atom. The SMILES string of the molecule is C=C1C2OC(C)(C)OC2C1N(O)C(=O)OCc1ccccc1. The first-order valence-corrected chi connectivity index (χ1v) is 7.12. The van der Waals surface area contributed by atoms with Crippen LogP contribution in [0.1, 0.15) is 19.4 Å². The number of hydrogen-bond donors (Lipinski definition) is 1. The van der Waals surface area contributed by atoms with Gasteiger partial charge in [0.05, 0.1) is 0 Å². The number of amides is 1. The van der Waals surface area contributed by atoms with Crippen LogP contribution in [0.5, 0.6) is 0 Å². The molecule has 6 heteroatoms. The van der Waals surface area contributed by atoms with Gasteiger partial charge in [0, 0.05) is 0 Å². The van der Waals surface area contributed by atoms with Crippen LogP contribution in [0.15, 0.2) is 42.5 Å². The van der Waals surface area contributed by atoms with Crippen molar-refractivity contribution in [2.45, 2.75) is 44.5 Å². The first-order valence-electron chi connectivity index (χ1n) is 7.12. The predicted octanol–water partition coefficient (Wildman–Crippen LogP) is 2.47. The molecule has 3 atom stereocenters. The Morgan fingerprint density at radius 1 is 1.36 bits per heavy atom. The monoisotopic (exact) mass is 305 g/mol. The summed E-state index contributed by atoms with van der Waals surface area (Å²) in [5, 5.41) is 10.6. The van der Waals surface area contributed by atoms with Gasteiger partial charge >= 0.3 is 6.09 Å². The van der Waals surface area contributed by atoms with Gasteiger partial charge in [-0.05, 0) is 25.0 Å². The highest BCUT2D eigenvalue weighted by Crippen LogP contribution is 2.45. The van der Waals surface area contributed by atoms with Crippen molar-refractivity contribution in [3.05, 3.63) is 48.0 Å². The minimum Gasteiger partial charge on any atom is -0.443 e. The van der Waals surface area contributed by atoms with Gasteiger partial charge in [-0.25, -0.2) is 4.79 Å². The molecule has 2 aliphatic rings. The summed E-state index contributed by atoms with van der Waals surface area (Å²) < 4.78 is 16.4. The molecule has 1 aromatic carbocycles. The number of ether oxygens (including phenoxy) is 3. The van der Waals surface area contributed by atoms with Crippen molar-refractivity contribution in [3.8, 4) is 0 Å². The number of carbonyl (C=O) groups is 1. The molecule has 1 aliphatic carbocycles. The molecule has 1 amide bonds. The van der Waals surface area contributed by atoms with Gasteiger partial charge < -0.3 is 14.2 Å². The van der Waals surface area contributed by atoms with Crippen LogP contribution in [0, 0.1) is 0 Å². The second kappa shape index (κ2) is 5.39. The summed E-state index contributed by atoms with van der Waals surface area (Å²) in [4.78, 5) is 12.0. The third kappa shape index (κ3) is 2.61. The van der Waals surface area contributed by atoms with Crippen molar-refractivity contribution < 1.29 is 24.2 Å². The van der Waals surface area contributed by atoms with Gasteiger partial charge in [0.15, 0.2) is 5.79 Å². The predicted molar refractivity (Wildman–Crippen MR) is 77.0 cm³/mol. The summed E-state index contributed by atoms with van der Waals surface area (Å²) in [6.07, 6.45) is -1.55. The third-order valence-corrected chi connectivity index (χ3v) is 3.84. The topological polar surface area (TPSA) is 68.2 Å². The molecule has 3 unspecified atom stereocenters. The number of benzene rings is 1. The van der Waals surface area contributed by atoms with E-state index in [-0.39, 0.29) is 12.7 Å². The molecule has 0 spiro atoms. The maximum absolute atomic E-state index is 12.0. The third-order valence-electron chi connectivity index (χ3n) is 3.84. The zero-order valence-corrected chi connectivity index (χ0v) is 12.6. The normalized spacial score (nSPS) is 28.7. The van der Waals surface area contributed by atoms with Crippen molar-refractivity contribution in [1.29, 1.82) is 0 Å². The average Bonchev–Trinajstić information content (AvgIpc) is 2.78. The molecule has 118 valence electrons. The van der Waals surface area contributed by atoms with E-state index in [9.17, 15) is 10.0 Å². The van der Waals surface area contributed by atoms with Crippen LogP contribution in [0.2, 0.25) is 0 Å². The molecule has 0 aromatic heterocycles. The smallest absolute Gasteiger partial charge is 0.434 e. The van der Waals surface area contributed by atoms with E-state index < -0.39 is 24.0 Å². The van der Waals surface area contributed by atoms with Gasteiger partial charge in [-0.1, -0.05) is 36.9 Å². The molecular weight excluding hydrogens is 286 g/mol. The highest BCUT2D eigenvalue weighted by Gasteiger charge is 2.59. The van der Waals surface area contributed by atoms with E-state index in [0.29, 0.717) is 10.6 Å². The second-order valence-electron chi connectivity index (χ2n) is 5.93. The average molecular weight is 305 g/mol. The van der Waals surface area contributed by atoms with Gasteiger partial charge in [0.25, 0.3) is 0 Å². The highest BCUT2D eigenvalue weighted by atomic mass is 16.8. The highest BCUT2D eigenvalue weighted by molar-refractivity contribution is 5.68. The molecule has 1 N–H and O–H groups in total. The van der Waals surface area contributed by atoms with Crippen LogP contribution in [-0.4, -0.2) is 40.4 Å². The molecule has 1 aliphatic heterocycles. The summed E-state index contributed by atoms with van der Waals surface area (Å²) in [6, 6.07) is 8.61. The van der Waals surface area contributed by atoms with Gasteiger partial charge in [0.2, 0.25) is 0 Å². The number of hydrogen-bond acceptors (Lipinski definition) is 5. The Kier molecular flexibility index (Phi) is 3.68. The lowest BCUT2D eigenvalue weighted by atomic mass is 9.80. The first-order chi connectivity index (χ1) is 10.4. The maximum atomic E-state index is 12.0. The van der Waals surface area contributed by atoms with Crippen molar-refractivity contribution in [3.63, 3.8) is 0 Å². The van der Waals surface area contributed by atoms with Crippen LogP contribution in [0.25, 0.3) is 0 Å². The summed E-state index contributed by atoms with van der Waals surface area (Å²) in [7, 11) is 0. The lowest BCUT2D eigenvalue weighted by Crippen LogP contribution is -2.60. The minimum absolute atomic E-state index is 0.0902. The number of fused-ring (bicyclic) bond motifs is 1. The van der Waals surface area contributed by atoms with Crippen molar-refractivity contribution in [2.75, 3.05) is 0 Å². The summed E-state index contributed by atoms with van der Waals surface area (Å²) in [6.45, 7) is 7.51. The van der Waals surface area contributed by atoms with E-state index in [4.69, 9.17) is 14.2 Å². The molecule has 22 heavy (non-hydrogen) atoms. The van der Waals surface area contributed by atoms with E-state index in [0.717, 1.165) is 5.56 Å². The number of nitrogens with zero attached hydrogens (tertiary/aromatic N) is 1. The Balaban J connectivity index is 1.59. The Morgan fingerprint density at radius 3 is 2.73 bits per heavy atom. The van der Waals surface area contributed by atoms with E-state index in [1.807, 2.05) is 30.3 Å². The van der Waals surface area contributed by atoms with Crippen LogP contribution < -0.4 is 0 Å². The summed E-state index contributed by atoms with van der Waals surface area (Å²) in [5.41, 5.74) is 1.45. The van der Waals surface area contributed by atoms with E-state index in [2.05, 4.69) is 6.58 Å². The molecule has 0 bridgehead atoms. The molecule has 0 radical (unpaired) electrons. The standard InChI is InChI=1S/C16H19NO5/c1-10-12(14-13(10)21-16(2,3)22-14)17(19)15(18)20-9-11-7-5-4-6-8-11/h4-8,12-14,19H,1,9H2,2-3H3. The lowest BCUT2D eigenvalue weighted by molar-refractivity contribution is -0.163. The fourth-order valence-corrected chi connectivity index (χ4v) is 2.76. The van der Waals surface area contributed by atoms with Gasteiger partial charge in [-0.2, -0.15) is 5.06 Å². The summed E-state index contributed by atoms with van der Waals surface area (Å²) >= 11 is 0. The second-order valence-corrected chi connectivity index (χ2v) is 5.93. The fourth-order valence-electron chi connectivity index (χ4n) is 2.76. The van der Waals surface area contributed by atoms with Crippen LogP contribution in [0.3, 0.4) is 0 Å². The zero-order chi connectivity index (χ0) is 15.9. The van der Waals surface area contributed by atoms with Crippen molar-refractivity contribution in [2.24, 2.45) is 0 Å². The van der Waals surface area contributed by atoms with Crippen LogP contribution in [-0.2, 0) is 20.8 Å². The van der Waals surface area contributed by atoms with E-state index >= 15 is 0 Å². The van der Waals surface area contributed by atoms with Gasteiger partial charge in [0.1, 0.15) is 24.9 Å². The molecule has 1 heterocycles. The van der Waals surface area contributed by atoms with E-state index in [1.165, 1.54) is 0 Å². The van der Waals surface area contributed by atoms with Crippen molar-refractivity contribution in [1.82, 2.24) is 5.06 Å². The number of hydroxylamine groups is 2. The first kappa shape index (κ1) is 15.0. The molecule has 1 saturated carbocycles. The zero-order valence-electron chi connectivity index (χ0n) is 12.6. The minimum atomic E-state index is -0.832. The lowest BCUT2D eigenvalue weighted by Gasteiger charge is -2.42. The number of carbonyl (C=O) groups excluding carboxylic acids is 1. The Labute approximate surface area is 128 Å². The Bertz CT molecular complexity index is 585. The quantitative estimate of drug-likeness (QED) is 0.528. The number of rotatable bonds is 3. The van der Waals surface area contributed by atoms with E-state index in [1.54, 1.807) is 13.8 Å². The molecule has 3 rings (SSSR count). The molecule has 1 saturated heterocycles. The summed E-state index contributed by atoms with van der Waals surface area (Å²) in [5.74, 6) is -0.748. The Hall–Kier alpha value is -1.89. The van der Waals surface area contributed by atoms with Crippen molar-refractivity contribution >= 4 is 6.09 Å². The molecular formula is C16H19NO5. The fraction of sp³-hybridized carbons (Fsp3) is 0.438. The van der Waals surface area contributed by atoms with Gasteiger partial charge in [-0.3, -0.25) is 5.21 Å². The largest absolute Gasteiger partial charge is 0.443 e. The van der Waals surface area contributed by atoms with Crippen LogP contribution in [0.4, 0.5) is 4.79 Å². The molecule has 6 nitrogen and oxygen atoms in total.